The van der Waals surface area contributed by atoms with Crippen molar-refractivity contribution in [2.75, 3.05) is 33.8 Å². The second-order valence-corrected chi connectivity index (χ2v) is 8.82. The van der Waals surface area contributed by atoms with Gasteiger partial charge in [0.2, 0.25) is 5.91 Å². The van der Waals surface area contributed by atoms with Crippen molar-refractivity contribution in [2.24, 2.45) is 5.92 Å². The molecule has 0 spiro atoms. The first-order chi connectivity index (χ1) is 14.4. The number of nitrogens with zero attached hydrogens (tertiary/aromatic N) is 2. The minimum absolute atomic E-state index is 0.0865. The lowest BCUT2D eigenvalue weighted by Gasteiger charge is -2.43. The van der Waals surface area contributed by atoms with Crippen LogP contribution in [0, 0.1) is 12.8 Å². The van der Waals surface area contributed by atoms with E-state index in [1.54, 1.807) is 19.0 Å². The second-order valence-electron chi connectivity index (χ2n) is 8.82. The van der Waals surface area contributed by atoms with E-state index in [1.165, 1.54) is 5.56 Å². The fourth-order valence-electron chi connectivity index (χ4n) is 4.22. The van der Waals surface area contributed by atoms with Gasteiger partial charge in [-0.3, -0.25) is 9.59 Å². The van der Waals surface area contributed by atoms with Crippen LogP contribution in [0.25, 0.3) is 11.1 Å². The summed E-state index contributed by atoms with van der Waals surface area (Å²) in [5.41, 5.74) is 3.47. The first-order valence-electron chi connectivity index (χ1n) is 10.7. The second kappa shape index (κ2) is 8.23. The smallest absolute Gasteiger partial charge is 0.256 e. The van der Waals surface area contributed by atoms with Crippen molar-refractivity contribution in [3.63, 3.8) is 0 Å². The van der Waals surface area contributed by atoms with Gasteiger partial charge in [-0.2, -0.15) is 0 Å². The molecule has 5 heteroatoms. The highest BCUT2D eigenvalue weighted by Crippen LogP contribution is 2.34. The number of benzene rings is 2. The van der Waals surface area contributed by atoms with E-state index in [9.17, 15) is 9.59 Å². The highest BCUT2D eigenvalue weighted by atomic mass is 16.5. The van der Waals surface area contributed by atoms with Gasteiger partial charge in [0.25, 0.3) is 5.91 Å². The summed E-state index contributed by atoms with van der Waals surface area (Å²) >= 11 is 0. The normalized spacial score (nSPS) is 21.4. The number of hydrogen-bond donors (Lipinski definition) is 0. The minimum Gasteiger partial charge on any atom is -0.361 e. The number of aryl methyl sites for hydroxylation is 1. The molecule has 1 atom stereocenters. The van der Waals surface area contributed by atoms with E-state index in [2.05, 4.69) is 43.3 Å². The van der Waals surface area contributed by atoms with E-state index in [0.29, 0.717) is 26.1 Å². The van der Waals surface area contributed by atoms with Crippen molar-refractivity contribution >= 4 is 11.8 Å². The van der Waals surface area contributed by atoms with E-state index in [0.717, 1.165) is 29.5 Å². The molecule has 0 aromatic heterocycles. The summed E-state index contributed by atoms with van der Waals surface area (Å²) in [6, 6.07) is 16.7. The lowest BCUT2D eigenvalue weighted by Crippen LogP contribution is -2.62. The number of morpholine rings is 1. The monoisotopic (exact) mass is 406 g/mol. The van der Waals surface area contributed by atoms with E-state index in [1.807, 2.05) is 17.0 Å². The summed E-state index contributed by atoms with van der Waals surface area (Å²) in [7, 11) is 3.50. The highest BCUT2D eigenvalue weighted by molar-refractivity contribution is 5.88. The first-order valence-corrected chi connectivity index (χ1v) is 10.7. The topological polar surface area (TPSA) is 49.9 Å². The average Bonchev–Trinajstić information content (AvgIpc) is 3.59. The largest absolute Gasteiger partial charge is 0.361 e. The summed E-state index contributed by atoms with van der Waals surface area (Å²) in [6.45, 7) is 3.33. The van der Waals surface area contributed by atoms with Gasteiger partial charge in [0.1, 0.15) is 0 Å². The molecular formula is C25H30N2O3. The molecule has 1 aliphatic carbocycles. The molecular weight excluding hydrogens is 376 g/mol. The zero-order valence-corrected chi connectivity index (χ0v) is 18.1. The Labute approximate surface area is 178 Å². The van der Waals surface area contributed by atoms with Crippen LogP contribution >= 0.6 is 0 Å². The number of hydrogen-bond acceptors (Lipinski definition) is 3. The van der Waals surface area contributed by atoms with Gasteiger partial charge in [0.05, 0.1) is 13.2 Å². The number of carbonyl (C=O) groups excluding carboxylic acids is 2. The average molecular weight is 407 g/mol. The van der Waals surface area contributed by atoms with E-state index in [-0.39, 0.29) is 17.7 Å². The van der Waals surface area contributed by atoms with Crippen molar-refractivity contribution in [1.29, 1.82) is 0 Å². The fraction of sp³-hybridized carbons (Fsp3) is 0.440. The molecule has 1 saturated heterocycles. The Morgan fingerprint density at radius 2 is 1.83 bits per heavy atom. The summed E-state index contributed by atoms with van der Waals surface area (Å²) in [5, 5.41) is 0. The quantitative estimate of drug-likeness (QED) is 0.766. The number of rotatable bonds is 5. The molecule has 5 nitrogen and oxygen atoms in total. The van der Waals surface area contributed by atoms with Gasteiger partial charge in [0.15, 0.2) is 5.60 Å². The number of amides is 2. The zero-order chi connectivity index (χ0) is 21.3. The van der Waals surface area contributed by atoms with Crippen molar-refractivity contribution in [3.05, 3.63) is 59.7 Å². The molecule has 1 saturated carbocycles. The Kier molecular flexibility index (Phi) is 5.65. The lowest BCUT2D eigenvalue weighted by molar-refractivity contribution is -0.173. The van der Waals surface area contributed by atoms with Gasteiger partial charge < -0.3 is 14.5 Å². The summed E-state index contributed by atoms with van der Waals surface area (Å²) in [4.78, 5) is 29.4. The molecule has 1 heterocycles. The molecule has 2 fully saturated rings. The van der Waals surface area contributed by atoms with E-state index in [4.69, 9.17) is 4.74 Å². The molecule has 0 radical (unpaired) electrons. The molecule has 0 N–H and O–H groups in total. The van der Waals surface area contributed by atoms with Crippen LogP contribution in [0.2, 0.25) is 0 Å². The van der Waals surface area contributed by atoms with Crippen LogP contribution in [0.5, 0.6) is 0 Å². The van der Waals surface area contributed by atoms with Crippen molar-refractivity contribution < 1.29 is 14.3 Å². The molecule has 4 rings (SSSR count). The Morgan fingerprint density at radius 3 is 2.50 bits per heavy atom. The Morgan fingerprint density at radius 1 is 1.10 bits per heavy atom. The fourth-order valence-corrected chi connectivity index (χ4v) is 4.22. The first kappa shape index (κ1) is 20.6. The molecule has 1 unspecified atom stereocenters. The predicted molar refractivity (Wildman–Crippen MR) is 117 cm³/mol. The van der Waals surface area contributed by atoms with Crippen molar-refractivity contribution in [2.45, 2.75) is 31.8 Å². The van der Waals surface area contributed by atoms with Crippen LogP contribution in [-0.4, -0.2) is 61.0 Å². The molecule has 30 heavy (non-hydrogen) atoms. The standard InChI is InChI=1S/C25H30N2O3/c1-18-7-9-20(10-8-18)22-6-4-5-19(15-22)16-25(24(29)26(2)3)17-27(13-14-30-25)23(28)21-11-12-21/h4-10,15,21H,11-14,16-17H2,1-3H3. The van der Waals surface area contributed by atoms with Crippen molar-refractivity contribution in [1.82, 2.24) is 9.80 Å². The van der Waals surface area contributed by atoms with Crippen LogP contribution in [0.1, 0.15) is 24.0 Å². The number of carbonyl (C=O) groups is 2. The summed E-state index contributed by atoms with van der Waals surface area (Å²) in [6.07, 6.45) is 2.37. The van der Waals surface area contributed by atoms with Gasteiger partial charge in [0, 0.05) is 33.0 Å². The van der Waals surface area contributed by atoms with Crippen LogP contribution < -0.4 is 0 Å². The highest BCUT2D eigenvalue weighted by Gasteiger charge is 2.47. The van der Waals surface area contributed by atoms with Crippen molar-refractivity contribution in [3.8, 4) is 11.1 Å². The third kappa shape index (κ3) is 4.26. The van der Waals surface area contributed by atoms with Crippen LogP contribution in [0.4, 0.5) is 0 Å². The Hall–Kier alpha value is -2.66. The minimum atomic E-state index is -1.04. The molecule has 2 aliphatic rings. The number of ether oxygens (including phenoxy) is 1. The molecule has 2 aromatic rings. The Bertz CT molecular complexity index is 934. The van der Waals surface area contributed by atoms with Gasteiger partial charge in [-0.25, -0.2) is 0 Å². The van der Waals surface area contributed by atoms with Gasteiger partial charge >= 0.3 is 0 Å². The van der Waals surface area contributed by atoms with Crippen LogP contribution in [0.15, 0.2) is 48.5 Å². The summed E-state index contributed by atoms with van der Waals surface area (Å²) < 4.78 is 6.15. The predicted octanol–water partition coefficient (Wildman–Crippen LogP) is 3.30. The maximum absolute atomic E-state index is 13.2. The van der Waals surface area contributed by atoms with E-state index >= 15 is 0 Å². The van der Waals surface area contributed by atoms with Crippen LogP contribution in [0.3, 0.4) is 0 Å². The Balaban J connectivity index is 1.62. The summed E-state index contributed by atoms with van der Waals surface area (Å²) in [5.74, 6) is 0.222. The maximum Gasteiger partial charge on any atom is 0.256 e. The molecule has 2 amide bonds. The lowest BCUT2D eigenvalue weighted by atomic mass is 9.89. The molecule has 158 valence electrons. The molecule has 1 aliphatic heterocycles. The molecule has 2 aromatic carbocycles. The SMILES string of the molecule is Cc1ccc(-c2cccc(CC3(C(=O)N(C)C)CN(C(=O)C4CC4)CCO3)c2)cc1. The van der Waals surface area contributed by atoms with Gasteiger partial charge in [-0.15, -0.1) is 0 Å². The third-order valence-corrected chi connectivity index (χ3v) is 6.02. The van der Waals surface area contributed by atoms with Gasteiger partial charge in [-0.05, 0) is 36.5 Å². The maximum atomic E-state index is 13.2. The third-order valence-electron chi connectivity index (χ3n) is 6.02. The van der Waals surface area contributed by atoms with Crippen LogP contribution in [-0.2, 0) is 20.7 Å². The number of likely N-dealkylation sites (N-methyl/N-ethyl adjacent to an activating group) is 1. The zero-order valence-electron chi connectivity index (χ0n) is 18.1. The van der Waals surface area contributed by atoms with E-state index < -0.39 is 5.60 Å². The molecule has 0 bridgehead atoms. The van der Waals surface area contributed by atoms with Gasteiger partial charge in [-0.1, -0.05) is 54.1 Å².